The second-order valence-corrected chi connectivity index (χ2v) is 4.39. The quantitative estimate of drug-likeness (QED) is 0.688. The molecule has 0 saturated carbocycles. The normalized spacial score (nSPS) is 16.6. The Bertz CT molecular complexity index is 125. The van der Waals surface area contributed by atoms with Gasteiger partial charge in [0.1, 0.15) is 0 Å². The van der Waals surface area contributed by atoms with Crippen LogP contribution in [0, 0.1) is 5.92 Å². The second-order valence-electron chi connectivity index (χ2n) is 4.39. The first-order valence-electron chi connectivity index (χ1n) is 5.37. The highest BCUT2D eigenvalue weighted by Gasteiger charge is 2.15. The smallest absolute Gasteiger partial charge is 0.0689 e. The van der Waals surface area contributed by atoms with Gasteiger partial charge >= 0.3 is 0 Å². The maximum Gasteiger partial charge on any atom is 0.0689 e. The largest absolute Gasteiger partial charge is 0.392 e. The molecule has 2 nitrogen and oxygen atoms in total. The lowest BCUT2D eigenvalue weighted by atomic mass is 10.1. The zero-order valence-electron chi connectivity index (χ0n) is 9.75. The van der Waals surface area contributed by atoms with E-state index in [1.54, 1.807) is 0 Å². The van der Waals surface area contributed by atoms with Crippen LogP contribution in [0.15, 0.2) is 0 Å². The monoisotopic (exact) mass is 187 g/mol. The van der Waals surface area contributed by atoms with Gasteiger partial charge in [-0.05, 0) is 26.3 Å². The molecule has 0 aromatic carbocycles. The highest BCUT2D eigenvalue weighted by Crippen LogP contribution is 2.08. The van der Waals surface area contributed by atoms with Crippen LogP contribution in [0.2, 0.25) is 0 Å². The zero-order chi connectivity index (χ0) is 10.4. The summed E-state index contributed by atoms with van der Waals surface area (Å²) in [7, 11) is 2.09. The fourth-order valence-electron chi connectivity index (χ4n) is 1.32. The van der Waals surface area contributed by atoms with Crippen LogP contribution in [0.5, 0.6) is 0 Å². The molecule has 0 rings (SSSR count). The summed E-state index contributed by atoms with van der Waals surface area (Å²) < 4.78 is 0. The lowest BCUT2D eigenvalue weighted by Crippen LogP contribution is -2.37. The number of aliphatic hydroxyl groups is 1. The SMILES string of the molecule is CCCC(C)N(C)CC(O)C(C)C. The predicted molar refractivity (Wildman–Crippen MR) is 57.8 cm³/mol. The molecule has 0 aromatic rings. The van der Waals surface area contributed by atoms with E-state index >= 15 is 0 Å². The predicted octanol–water partition coefficient (Wildman–Crippen LogP) is 2.12. The topological polar surface area (TPSA) is 23.5 Å². The van der Waals surface area contributed by atoms with Gasteiger partial charge in [0.25, 0.3) is 0 Å². The summed E-state index contributed by atoms with van der Waals surface area (Å²) in [6.45, 7) is 9.32. The van der Waals surface area contributed by atoms with Crippen molar-refractivity contribution in [1.29, 1.82) is 0 Å². The van der Waals surface area contributed by atoms with Gasteiger partial charge in [-0.1, -0.05) is 27.2 Å². The average molecular weight is 187 g/mol. The maximum atomic E-state index is 9.67. The van der Waals surface area contributed by atoms with Crippen molar-refractivity contribution in [3.63, 3.8) is 0 Å². The van der Waals surface area contributed by atoms with Crippen molar-refractivity contribution in [1.82, 2.24) is 4.90 Å². The minimum Gasteiger partial charge on any atom is -0.392 e. The summed E-state index contributed by atoms with van der Waals surface area (Å²) >= 11 is 0. The Morgan fingerprint density at radius 2 is 1.77 bits per heavy atom. The molecular weight excluding hydrogens is 162 g/mol. The van der Waals surface area contributed by atoms with E-state index in [1.165, 1.54) is 12.8 Å². The summed E-state index contributed by atoms with van der Waals surface area (Å²) in [5.74, 6) is 0.358. The first-order chi connectivity index (χ1) is 5.99. The summed E-state index contributed by atoms with van der Waals surface area (Å²) in [5.41, 5.74) is 0. The third kappa shape index (κ3) is 5.27. The molecule has 0 amide bonds. The zero-order valence-corrected chi connectivity index (χ0v) is 9.75. The second kappa shape index (κ2) is 6.39. The van der Waals surface area contributed by atoms with Crippen LogP contribution in [-0.2, 0) is 0 Å². The van der Waals surface area contributed by atoms with Crippen molar-refractivity contribution < 1.29 is 5.11 Å². The molecule has 0 aliphatic rings. The van der Waals surface area contributed by atoms with Gasteiger partial charge in [-0.2, -0.15) is 0 Å². The van der Waals surface area contributed by atoms with E-state index in [0.717, 1.165) is 6.54 Å². The molecule has 2 heteroatoms. The highest BCUT2D eigenvalue weighted by molar-refractivity contribution is 4.69. The molecule has 0 bridgehead atoms. The Morgan fingerprint density at radius 1 is 1.23 bits per heavy atom. The number of aliphatic hydroxyl groups excluding tert-OH is 1. The van der Waals surface area contributed by atoms with Gasteiger partial charge in [0, 0.05) is 12.6 Å². The van der Waals surface area contributed by atoms with Crippen LogP contribution in [-0.4, -0.2) is 35.7 Å². The molecule has 0 radical (unpaired) electrons. The first kappa shape index (κ1) is 12.9. The van der Waals surface area contributed by atoms with Crippen molar-refractivity contribution in [3.05, 3.63) is 0 Å². The van der Waals surface area contributed by atoms with E-state index in [0.29, 0.717) is 12.0 Å². The van der Waals surface area contributed by atoms with Gasteiger partial charge < -0.3 is 10.0 Å². The first-order valence-corrected chi connectivity index (χ1v) is 5.37. The van der Waals surface area contributed by atoms with Crippen molar-refractivity contribution in [3.8, 4) is 0 Å². The van der Waals surface area contributed by atoms with Gasteiger partial charge in [-0.25, -0.2) is 0 Å². The summed E-state index contributed by atoms with van der Waals surface area (Å²) in [5, 5.41) is 9.67. The van der Waals surface area contributed by atoms with Crippen LogP contribution >= 0.6 is 0 Å². The number of hydrogen-bond acceptors (Lipinski definition) is 2. The minimum absolute atomic E-state index is 0.190. The Hall–Kier alpha value is -0.0800. The van der Waals surface area contributed by atoms with Crippen molar-refractivity contribution in [2.24, 2.45) is 5.92 Å². The average Bonchev–Trinajstić information content (AvgIpc) is 2.04. The Labute approximate surface area is 82.9 Å². The Balaban J connectivity index is 3.77. The van der Waals surface area contributed by atoms with E-state index in [-0.39, 0.29) is 6.10 Å². The molecule has 2 atom stereocenters. The molecule has 1 N–H and O–H groups in total. The number of nitrogens with zero attached hydrogens (tertiary/aromatic N) is 1. The number of likely N-dealkylation sites (N-methyl/N-ethyl adjacent to an activating group) is 1. The molecule has 13 heavy (non-hydrogen) atoms. The molecule has 80 valence electrons. The van der Waals surface area contributed by atoms with Crippen molar-refractivity contribution in [2.75, 3.05) is 13.6 Å². The molecule has 0 saturated heterocycles. The third-order valence-corrected chi connectivity index (χ3v) is 2.70. The van der Waals surface area contributed by atoms with Crippen LogP contribution in [0.1, 0.15) is 40.5 Å². The van der Waals surface area contributed by atoms with Crippen LogP contribution < -0.4 is 0 Å². The van der Waals surface area contributed by atoms with Crippen LogP contribution in [0.25, 0.3) is 0 Å². The molecule has 0 fully saturated rings. The standard InChI is InChI=1S/C11H25NO/c1-6-7-10(4)12(5)8-11(13)9(2)3/h9-11,13H,6-8H2,1-5H3. The van der Waals surface area contributed by atoms with Gasteiger partial charge in [0.2, 0.25) is 0 Å². The molecule has 0 spiro atoms. The Kier molecular flexibility index (Phi) is 6.35. The van der Waals surface area contributed by atoms with Gasteiger partial charge in [0.05, 0.1) is 6.10 Å². The van der Waals surface area contributed by atoms with Crippen molar-refractivity contribution >= 4 is 0 Å². The molecule has 2 unspecified atom stereocenters. The van der Waals surface area contributed by atoms with E-state index in [2.05, 4.69) is 39.6 Å². The molecule has 0 aliphatic carbocycles. The van der Waals surface area contributed by atoms with E-state index in [4.69, 9.17) is 0 Å². The van der Waals surface area contributed by atoms with Gasteiger partial charge in [0.15, 0.2) is 0 Å². The number of rotatable bonds is 6. The van der Waals surface area contributed by atoms with E-state index in [9.17, 15) is 5.11 Å². The van der Waals surface area contributed by atoms with Crippen LogP contribution in [0.3, 0.4) is 0 Å². The molecular formula is C11H25NO. The number of hydrogen-bond donors (Lipinski definition) is 1. The molecule has 0 aromatic heterocycles. The third-order valence-electron chi connectivity index (χ3n) is 2.70. The fraction of sp³-hybridized carbons (Fsp3) is 1.00. The van der Waals surface area contributed by atoms with Crippen LogP contribution in [0.4, 0.5) is 0 Å². The Morgan fingerprint density at radius 3 is 2.15 bits per heavy atom. The maximum absolute atomic E-state index is 9.67. The molecule has 0 heterocycles. The minimum atomic E-state index is -0.190. The fourth-order valence-corrected chi connectivity index (χ4v) is 1.32. The van der Waals surface area contributed by atoms with E-state index < -0.39 is 0 Å². The van der Waals surface area contributed by atoms with Gasteiger partial charge in [-0.15, -0.1) is 0 Å². The van der Waals surface area contributed by atoms with E-state index in [1.807, 2.05) is 0 Å². The lowest BCUT2D eigenvalue weighted by molar-refractivity contribution is 0.0713. The lowest BCUT2D eigenvalue weighted by Gasteiger charge is -2.28. The van der Waals surface area contributed by atoms with Gasteiger partial charge in [-0.3, -0.25) is 0 Å². The highest BCUT2D eigenvalue weighted by atomic mass is 16.3. The summed E-state index contributed by atoms with van der Waals surface area (Å²) in [4.78, 5) is 2.24. The summed E-state index contributed by atoms with van der Waals surface area (Å²) in [6.07, 6.45) is 2.23. The summed E-state index contributed by atoms with van der Waals surface area (Å²) in [6, 6.07) is 0.582. The molecule has 0 aliphatic heterocycles. The van der Waals surface area contributed by atoms with Crippen molar-refractivity contribution in [2.45, 2.75) is 52.7 Å².